The number of amides is 2. The summed E-state index contributed by atoms with van der Waals surface area (Å²) in [5.41, 5.74) is 5.17. The molecule has 1 aliphatic heterocycles. The van der Waals surface area contributed by atoms with Gasteiger partial charge in [-0.25, -0.2) is 0 Å². The van der Waals surface area contributed by atoms with Crippen LogP contribution < -0.4 is 10.2 Å². The summed E-state index contributed by atoms with van der Waals surface area (Å²) in [5.74, 6) is 0.617. The van der Waals surface area contributed by atoms with E-state index in [-0.39, 0.29) is 11.8 Å². The first-order valence-corrected chi connectivity index (χ1v) is 12.1. The van der Waals surface area contributed by atoms with Crippen molar-refractivity contribution in [1.82, 2.24) is 4.98 Å². The van der Waals surface area contributed by atoms with Crippen LogP contribution in [-0.2, 0) is 12.2 Å². The summed E-state index contributed by atoms with van der Waals surface area (Å²) < 4.78 is 0. The fourth-order valence-corrected chi connectivity index (χ4v) is 4.79. The fourth-order valence-electron chi connectivity index (χ4n) is 3.96. The zero-order valence-corrected chi connectivity index (χ0v) is 19.3. The van der Waals surface area contributed by atoms with Crippen LogP contribution >= 0.6 is 11.8 Å². The number of aromatic nitrogens is 1. The Bertz CT molecular complexity index is 1310. The van der Waals surface area contributed by atoms with E-state index in [0.29, 0.717) is 23.4 Å². The van der Waals surface area contributed by atoms with Gasteiger partial charge in [0.05, 0.1) is 0 Å². The molecule has 0 atom stereocenters. The van der Waals surface area contributed by atoms with Gasteiger partial charge in [-0.15, -0.1) is 11.8 Å². The minimum Gasteiger partial charge on any atom is -0.322 e. The predicted octanol–water partition coefficient (Wildman–Crippen LogP) is 5.83. The van der Waals surface area contributed by atoms with Gasteiger partial charge in [-0.3, -0.25) is 14.6 Å². The second kappa shape index (κ2) is 9.93. The number of carbonyl (C=O) groups excluding carboxylic acids is 2. The van der Waals surface area contributed by atoms with E-state index >= 15 is 0 Å². The number of anilines is 2. The van der Waals surface area contributed by atoms with Crippen molar-refractivity contribution in [3.05, 3.63) is 120 Å². The summed E-state index contributed by atoms with van der Waals surface area (Å²) in [4.78, 5) is 32.7. The largest absolute Gasteiger partial charge is 0.322 e. The highest BCUT2D eigenvalue weighted by molar-refractivity contribution is 7.98. The molecule has 0 bridgehead atoms. The van der Waals surface area contributed by atoms with Crippen molar-refractivity contribution in [2.75, 3.05) is 16.8 Å². The maximum Gasteiger partial charge on any atom is 0.258 e. The average molecular weight is 466 g/mol. The molecule has 34 heavy (non-hydrogen) atoms. The molecule has 1 aliphatic rings. The molecule has 0 fully saturated rings. The van der Waals surface area contributed by atoms with Crippen LogP contribution in [-0.4, -0.2) is 23.3 Å². The zero-order valence-electron chi connectivity index (χ0n) is 18.5. The third-order valence-electron chi connectivity index (χ3n) is 5.77. The van der Waals surface area contributed by atoms with Gasteiger partial charge in [0, 0.05) is 52.1 Å². The molecule has 168 valence electrons. The lowest BCUT2D eigenvalue weighted by Gasteiger charge is -2.17. The topological polar surface area (TPSA) is 62.3 Å². The third-order valence-corrected chi connectivity index (χ3v) is 6.85. The van der Waals surface area contributed by atoms with E-state index in [9.17, 15) is 9.59 Å². The Morgan fingerprint density at radius 1 is 0.882 bits per heavy atom. The van der Waals surface area contributed by atoms with Crippen LogP contribution in [0.3, 0.4) is 0 Å². The second-order valence-corrected chi connectivity index (χ2v) is 9.09. The monoisotopic (exact) mass is 465 g/mol. The highest BCUT2D eigenvalue weighted by Gasteiger charge is 2.25. The van der Waals surface area contributed by atoms with E-state index in [0.717, 1.165) is 28.3 Å². The summed E-state index contributed by atoms with van der Waals surface area (Å²) in [6.45, 7) is 0.688. The normalized spacial score (nSPS) is 12.3. The number of carbonyl (C=O) groups is 2. The van der Waals surface area contributed by atoms with Crippen molar-refractivity contribution >= 4 is 35.0 Å². The van der Waals surface area contributed by atoms with Crippen LogP contribution in [0, 0.1) is 0 Å². The van der Waals surface area contributed by atoms with E-state index < -0.39 is 0 Å². The van der Waals surface area contributed by atoms with Crippen LogP contribution in [0.25, 0.3) is 0 Å². The highest BCUT2D eigenvalue weighted by Crippen LogP contribution is 2.29. The van der Waals surface area contributed by atoms with Gasteiger partial charge < -0.3 is 10.2 Å². The first-order valence-electron chi connectivity index (χ1n) is 11.1. The van der Waals surface area contributed by atoms with Crippen LogP contribution in [0.2, 0.25) is 0 Å². The number of fused-ring (bicyclic) bond motifs is 1. The molecule has 0 saturated heterocycles. The lowest BCUT2D eigenvalue weighted by molar-refractivity contribution is 0.0988. The Balaban J connectivity index is 1.19. The van der Waals surface area contributed by atoms with Crippen LogP contribution in [0.4, 0.5) is 11.4 Å². The summed E-state index contributed by atoms with van der Waals surface area (Å²) >= 11 is 1.70. The summed E-state index contributed by atoms with van der Waals surface area (Å²) in [7, 11) is 0. The van der Waals surface area contributed by atoms with Crippen LogP contribution in [0.5, 0.6) is 0 Å². The molecule has 5 nitrogen and oxygen atoms in total. The molecule has 0 saturated carbocycles. The lowest BCUT2D eigenvalue weighted by Crippen LogP contribution is -2.28. The Labute approximate surface area is 202 Å². The van der Waals surface area contributed by atoms with Gasteiger partial charge in [-0.05, 0) is 78.2 Å². The number of nitrogens with zero attached hydrogens (tertiary/aromatic N) is 2. The molecular formula is C28H23N3O2S. The van der Waals surface area contributed by atoms with Crippen molar-refractivity contribution in [1.29, 1.82) is 0 Å². The van der Waals surface area contributed by atoms with E-state index in [1.165, 1.54) is 5.56 Å². The number of nitrogens with one attached hydrogen (secondary N) is 1. The molecule has 3 aromatic carbocycles. The molecule has 6 heteroatoms. The quantitative estimate of drug-likeness (QED) is 0.364. The Morgan fingerprint density at radius 2 is 1.65 bits per heavy atom. The van der Waals surface area contributed by atoms with Gasteiger partial charge >= 0.3 is 0 Å². The van der Waals surface area contributed by atoms with Crippen molar-refractivity contribution in [2.24, 2.45) is 0 Å². The van der Waals surface area contributed by atoms with Gasteiger partial charge in [0.15, 0.2) is 0 Å². The van der Waals surface area contributed by atoms with E-state index in [4.69, 9.17) is 0 Å². The lowest BCUT2D eigenvalue weighted by atomic mass is 10.1. The maximum absolute atomic E-state index is 13.0. The molecule has 0 spiro atoms. The van der Waals surface area contributed by atoms with E-state index in [2.05, 4.69) is 16.4 Å². The van der Waals surface area contributed by atoms with Crippen LogP contribution in [0.15, 0.2) is 102 Å². The molecule has 0 unspecified atom stereocenters. The highest BCUT2D eigenvalue weighted by atomic mass is 32.2. The first kappa shape index (κ1) is 21.9. The number of hydrogen-bond acceptors (Lipinski definition) is 4. The summed E-state index contributed by atoms with van der Waals surface area (Å²) in [6, 6.07) is 26.6. The minimum atomic E-state index is -0.184. The molecule has 2 heterocycles. The molecule has 0 aliphatic carbocycles. The molecule has 5 rings (SSSR count). The zero-order chi connectivity index (χ0) is 23.3. The molecule has 0 radical (unpaired) electrons. The number of para-hydroxylation sites is 1. The maximum atomic E-state index is 13.0. The van der Waals surface area contributed by atoms with Gasteiger partial charge in [-0.1, -0.05) is 24.3 Å². The van der Waals surface area contributed by atoms with Crippen molar-refractivity contribution < 1.29 is 9.59 Å². The van der Waals surface area contributed by atoms with Crippen molar-refractivity contribution in [3.63, 3.8) is 0 Å². The standard InChI is InChI=1S/C28H23N3O2S/c32-27(22-9-13-25(14-10-22)34-19-20-4-3-16-29-18-20)30-24-11-7-23(8-12-24)28(33)31-17-15-21-5-1-2-6-26(21)31/h1-14,16,18H,15,17,19H2,(H,30,32). The van der Waals surface area contributed by atoms with Gasteiger partial charge in [-0.2, -0.15) is 0 Å². The number of benzene rings is 3. The third kappa shape index (κ3) is 4.87. The van der Waals surface area contributed by atoms with E-state index in [1.807, 2.05) is 65.7 Å². The smallest absolute Gasteiger partial charge is 0.258 e. The van der Waals surface area contributed by atoms with Gasteiger partial charge in [0.25, 0.3) is 11.8 Å². The Kier molecular flexibility index (Phi) is 6.40. The molecule has 1 N–H and O–H groups in total. The van der Waals surface area contributed by atoms with Crippen molar-refractivity contribution in [2.45, 2.75) is 17.1 Å². The summed E-state index contributed by atoms with van der Waals surface area (Å²) in [5, 5.41) is 2.91. The number of thioether (sulfide) groups is 1. The molecule has 4 aromatic rings. The van der Waals surface area contributed by atoms with Gasteiger partial charge in [0.1, 0.15) is 0 Å². The molecular weight excluding hydrogens is 442 g/mol. The number of hydrogen-bond donors (Lipinski definition) is 1. The fraction of sp³-hybridized carbons (Fsp3) is 0.107. The summed E-state index contributed by atoms with van der Waals surface area (Å²) in [6.07, 6.45) is 4.49. The number of rotatable bonds is 6. The SMILES string of the molecule is O=C(Nc1ccc(C(=O)N2CCc3ccccc32)cc1)c1ccc(SCc2cccnc2)cc1. The molecule has 1 aromatic heterocycles. The second-order valence-electron chi connectivity index (χ2n) is 8.04. The predicted molar refractivity (Wildman–Crippen MR) is 136 cm³/mol. The Morgan fingerprint density at radius 3 is 2.41 bits per heavy atom. The number of pyridine rings is 1. The molecule has 2 amide bonds. The van der Waals surface area contributed by atoms with Crippen molar-refractivity contribution in [3.8, 4) is 0 Å². The van der Waals surface area contributed by atoms with E-state index in [1.54, 1.807) is 42.2 Å². The van der Waals surface area contributed by atoms with Gasteiger partial charge in [0.2, 0.25) is 0 Å². The Hall–Kier alpha value is -3.90. The minimum absolute atomic E-state index is 0.0257. The first-order chi connectivity index (χ1) is 16.7. The average Bonchev–Trinajstić information content (AvgIpc) is 3.33. The van der Waals surface area contributed by atoms with Crippen LogP contribution in [0.1, 0.15) is 31.8 Å².